The summed E-state index contributed by atoms with van der Waals surface area (Å²) >= 11 is 0. The van der Waals surface area contributed by atoms with Gasteiger partial charge in [0.15, 0.2) is 0 Å². The molecule has 0 atom stereocenters. The number of nitrogens with one attached hydrogen (secondary N) is 2. The van der Waals surface area contributed by atoms with Crippen LogP contribution in [0.4, 0.5) is 0 Å². The Morgan fingerprint density at radius 1 is 0.684 bits per heavy atom. The van der Waals surface area contributed by atoms with E-state index >= 15 is 0 Å². The van der Waals surface area contributed by atoms with Crippen molar-refractivity contribution < 1.29 is 10.2 Å². The van der Waals surface area contributed by atoms with Crippen LogP contribution in [0.3, 0.4) is 0 Å². The highest BCUT2D eigenvalue weighted by Gasteiger charge is 2.07. The maximum absolute atomic E-state index is 8.56. The molecule has 0 unspecified atom stereocenters. The van der Waals surface area contributed by atoms with E-state index in [1.54, 1.807) is 0 Å². The van der Waals surface area contributed by atoms with Gasteiger partial charge in [0, 0.05) is 76.4 Å². The monoisotopic (exact) mass is 288 g/mol. The van der Waals surface area contributed by atoms with Crippen LogP contribution in [-0.4, -0.2) is 110 Å². The second-order valence-electron chi connectivity index (χ2n) is 4.63. The topological polar surface area (TPSA) is 71.0 Å². The van der Waals surface area contributed by atoms with Crippen LogP contribution in [0.15, 0.2) is 0 Å². The molecule has 0 saturated carbocycles. The summed E-state index contributed by atoms with van der Waals surface area (Å²) in [6, 6.07) is 0. The molecule has 19 heavy (non-hydrogen) atoms. The third-order valence-electron chi connectivity index (χ3n) is 3.25. The van der Waals surface area contributed by atoms with Crippen molar-refractivity contribution in [1.82, 2.24) is 20.4 Å². The summed E-state index contributed by atoms with van der Waals surface area (Å²) in [6.45, 7) is 10.9. The number of piperazine rings is 2. The standard InChI is InChI=1S/2C6H14N2O.Si/c2*9-6-5-8-3-1-7-2-4-8;/h2*7,9H,1-6H2;. The second-order valence-corrected chi connectivity index (χ2v) is 4.63. The maximum Gasteiger partial charge on any atom is 0.0558 e. The summed E-state index contributed by atoms with van der Waals surface area (Å²) < 4.78 is 0. The Bertz CT molecular complexity index is 163. The predicted octanol–water partition coefficient (Wildman–Crippen LogP) is -2.61. The molecule has 2 saturated heterocycles. The van der Waals surface area contributed by atoms with Crippen molar-refractivity contribution in [3.63, 3.8) is 0 Å². The minimum absolute atomic E-state index is 0. The lowest BCUT2D eigenvalue weighted by Gasteiger charge is -2.25. The first kappa shape index (κ1) is 19.0. The van der Waals surface area contributed by atoms with E-state index in [0.29, 0.717) is 13.2 Å². The van der Waals surface area contributed by atoms with Crippen LogP contribution < -0.4 is 10.6 Å². The lowest BCUT2D eigenvalue weighted by atomic mass is 10.4. The summed E-state index contributed by atoms with van der Waals surface area (Å²) in [7, 11) is 0. The van der Waals surface area contributed by atoms with Crippen LogP contribution in [-0.2, 0) is 0 Å². The normalized spacial score (nSPS) is 21.2. The zero-order chi connectivity index (χ0) is 13.1. The number of rotatable bonds is 4. The Balaban J connectivity index is 0.000000324. The van der Waals surface area contributed by atoms with Crippen LogP contribution in [0.5, 0.6) is 0 Å². The molecule has 112 valence electrons. The fourth-order valence-corrected chi connectivity index (χ4v) is 2.15. The SMILES string of the molecule is OCCN1CCNCC1.OCCN1CCNCC1.[Si]. The number of β-amino-alcohol motifs (C(OH)–C–C–N with tert-alkyl or cyclic N) is 2. The molecule has 2 aliphatic heterocycles. The van der Waals surface area contributed by atoms with Gasteiger partial charge in [-0.1, -0.05) is 0 Å². The van der Waals surface area contributed by atoms with Gasteiger partial charge in [0.1, 0.15) is 0 Å². The van der Waals surface area contributed by atoms with Gasteiger partial charge >= 0.3 is 0 Å². The van der Waals surface area contributed by atoms with Gasteiger partial charge in [-0.05, 0) is 0 Å². The van der Waals surface area contributed by atoms with Gasteiger partial charge in [0.25, 0.3) is 0 Å². The van der Waals surface area contributed by atoms with Crippen molar-refractivity contribution in [2.45, 2.75) is 0 Å². The Kier molecular flexibility index (Phi) is 13.0. The average molecular weight is 288 g/mol. The molecule has 2 heterocycles. The molecule has 4 N–H and O–H groups in total. The molecule has 0 aromatic rings. The molecule has 0 spiro atoms. The molecule has 6 nitrogen and oxygen atoms in total. The van der Waals surface area contributed by atoms with E-state index in [1.807, 2.05) is 0 Å². The molecular formula is C12H28N4O2Si. The molecule has 2 aliphatic rings. The van der Waals surface area contributed by atoms with Crippen LogP contribution in [0.2, 0.25) is 0 Å². The van der Waals surface area contributed by atoms with Crippen LogP contribution in [0, 0.1) is 0 Å². The first-order chi connectivity index (χ1) is 8.86. The lowest BCUT2D eigenvalue weighted by Crippen LogP contribution is -2.44. The Labute approximate surface area is 121 Å². The van der Waals surface area contributed by atoms with Crippen molar-refractivity contribution in [1.29, 1.82) is 0 Å². The second kappa shape index (κ2) is 13.0. The van der Waals surface area contributed by atoms with Gasteiger partial charge in [-0.25, -0.2) is 0 Å². The van der Waals surface area contributed by atoms with Gasteiger partial charge in [-0.15, -0.1) is 0 Å². The summed E-state index contributed by atoms with van der Waals surface area (Å²) in [4.78, 5) is 4.52. The molecule has 0 aliphatic carbocycles. The zero-order valence-corrected chi connectivity index (χ0v) is 12.8. The Morgan fingerprint density at radius 2 is 1.00 bits per heavy atom. The van der Waals surface area contributed by atoms with Crippen molar-refractivity contribution in [2.24, 2.45) is 0 Å². The molecule has 2 rings (SSSR count). The minimum atomic E-state index is 0. The van der Waals surface area contributed by atoms with Gasteiger partial charge < -0.3 is 20.8 Å². The zero-order valence-electron chi connectivity index (χ0n) is 11.8. The third kappa shape index (κ3) is 9.50. The third-order valence-corrected chi connectivity index (χ3v) is 3.25. The quantitative estimate of drug-likeness (QED) is 0.425. The molecule has 0 aromatic carbocycles. The Hall–Kier alpha value is -0.0231. The van der Waals surface area contributed by atoms with Gasteiger partial charge in [0.05, 0.1) is 13.2 Å². The molecule has 4 radical (unpaired) electrons. The Morgan fingerprint density at radius 3 is 1.26 bits per heavy atom. The van der Waals surface area contributed by atoms with Gasteiger partial charge in [0.2, 0.25) is 0 Å². The number of hydrogen-bond donors (Lipinski definition) is 4. The van der Waals surface area contributed by atoms with E-state index in [-0.39, 0.29) is 11.0 Å². The molecule has 0 bridgehead atoms. The van der Waals surface area contributed by atoms with E-state index < -0.39 is 0 Å². The molecule has 0 amide bonds. The van der Waals surface area contributed by atoms with Gasteiger partial charge in [-0.2, -0.15) is 0 Å². The number of aliphatic hydroxyl groups is 2. The van der Waals surface area contributed by atoms with Crippen molar-refractivity contribution in [3.8, 4) is 0 Å². The minimum Gasteiger partial charge on any atom is -0.395 e. The highest BCUT2D eigenvalue weighted by molar-refractivity contribution is 5.75. The number of hydrogen-bond acceptors (Lipinski definition) is 6. The molecular weight excluding hydrogens is 260 g/mol. The predicted molar refractivity (Wildman–Crippen MR) is 78.5 cm³/mol. The first-order valence-electron chi connectivity index (χ1n) is 6.94. The maximum atomic E-state index is 8.56. The van der Waals surface area contributed by atoms with Crippen LogP contribution >= 0.6 is 0 Å². The lowest BCUT2D eigenvalue weighted by molar-refractivity contribution is 0.180. The summed E-state index contributed by atoms with van der Waals surface area (Å²) in [5.41, 5.74) is 0. The van der Waals surface area contributed by atoms with Crippen molar-refractivity contribution >= 4 is 11.0 Å². The fraction of sp³-hybridized carbons (Fsp3) is 1.00. The van der Waals surface area contributed by atoms with Gasteiger partial charge in [-0.3, -0.25) is 9.80 Å². The fourth-order valence-electron chi connectivity index (χ4n) is 2.15. The van der Waals surface area contributed by atoms with Crippen molar-refractivity contribution in [3.05, 3.63) is 0 Å². The smallest absolute Gasteiger partial charge is 0.0558 e. The van der Waals surface area contributed by atoms with E-state index in [1.165, 1.54) is 0 Å². The summed E-state index contributed by atoms with van der Waals surface area (Å²) in [5.74, 6) is 0. The average Bonchev–Trinajstić information content (AvgIpc) is 2.43. The van der Waals surface area contributed by atoms with E-state index in [0.717, 1.165) is 65.4 Å². The van der Waals surface area contributed by atoms with E-state index in [2.05, 4.69) is 20.4 Å². The highest BCUT2D eigenvalue weighted by Crippen LogP contribution is 1.89. The largest absolute Gasteiger partial charge is 0.395 e. The summed E-state index contributed by atoms with van der Waals surface area (Å²) in [5, 5.41) is 23.6. The summed E-state index contributed by atoms with van der Waals surface area (Å²) in [6.07, 6.45) is 0. The van der Waals surface area contributed by atoms with Crippen LogP contribution in [0.1, 0.15) is 0 Å². The van der Waals surface area contributed by atoms with Crippen LogP contribution in [0.25, 0.3) is 0 Å². The highest BCUT2D eigenvalue weighted by atomic mass is 28.1. The van der Waals surface area contributed by atoms with E-state index in [4.69, 9.17) is 10.2 Å². The van der Waals surface area contributed by atoms with E-state index in [9.17, 15) is 0 Å². The number of nitrogens with zero attached hydrogens (tertiary/aromatic N) is 2. The molecule has 7 heteroatoms. The molecule has 0 aromatic heterocycles. The first-order valence-corrected chi connectivity index (χ1v) is 6.94. The van der Waals surface area contributed by atoms with Crippen molar-refractivity contribution in [2.75, 3.05) is 78.7 Å². The molecule has 2 fully saturated rings. The number of aliphatic hydroxyl groups excluding tert-OH is 2.